The lowest BCUT2D eigenvalue weighted by Gasteiger charge is -2.35. The quantitative estimate of drug-likeness (QED) is 0.432. The number of aliphatic hydroxyl groups is 1. The molecule has 0 aromatic heterocycles. The second-order valence-corrected chi connectivity index (χ2v) is 8.27. The highest BCUT2D eigenvalue weighted by molar-refractivity contribution is 6.46. The maximum atomic E-state index is 13.1. The van der Waals surface area contributed by atoms with Crippen LogP contribution in [0.5, 0.6) is 11.5 Å². The molecule has 1 amide bonds. The summed E-state index contributed by atoms with van der Waals surface area (Å²) in [5, 5.41) is 20.9. The molecule has 2 aliphatic rings. The minimum Gasteiger partial charge on any atom is -0.508 e. The Bertz CT molecular complexity index is 1030. The zero-order valence-electron chi connectivity index (χ0n) is 17.8. The number of hydrogen-bond donors (Lipinski definition) is 2. The molecule has 2 fully saturated rings. The topological polar surface area (TPSA) is 87.1 Å². The van der Waals surface area contributed by atoms with E-state index in [1.807, 2.05) is 6.92 Å². The van der Waals surface area contributed by atoms with E-state index in [0.717, 1.165) is 37.7 Å². The molecule has 0 spiro atoms. The van der Waals surface area contributed by atoms with Gasteiger partial charge in [-0.3, -0.25) is 9.59 Å². The lowest BCUT2D eigenvalue weighted by atomic mass is 9.91. The summed E-state index contributed by atoms with van der Waals surface area (Å²) < 4.78 is 5.29. The molecule has 1 atom stereocenters. The van der Waals surface area contributed by atoms with E-state index in [4.69, 9.17) is 4.74 Å². The first-order chi connectivity index (χ1) is 14.9. The van der Waals surface area contributed by atoms with Crippen molar-refractivity contribution in [1.29, 1.82) is 0 Å². The number of likely N-dealkylation sites (tertiary alicyclic amines) is 1. The zero-order valence-corrected chi connectivity index (χ0v) is 17.8. The van der Waals surface area contributed by atoms with E-state index in [9.17, 15) is 19.8 Å². The summed E-state index contributed by atoms with van der Waals surface area (Å²) in [6, 6.07) is 10.9. The van der Waals surface area contributed by atoms with Crippen LogP contribution in [0.25, 0.3) is 5.76 Å². The van der Waals surface area contributed by atoms with E-state index in [0.29, 0.717) is 16.9 Å². The van der Waals surface area contributed by atoms with Gasteiger partial charge < -0.3 is 19.8 Å². The maximum absolute atomic E-state index is 13.1. The van der Waals surface area contributed by atoms with Gasteiger partial charge in [0.1, 0.15) is 17.3 Å². The van der Waals surface area contributed by atoms with Gasteiger partial charge in [-0.25, -0.2) is 0 Å². The fraction of sp³-hybridized carbons (Fsp3) is 0.360. The minimum atomic E-state index is -0.689. The van der Waals surface area contributed by atoms with Gasteiger partial charge in [0.15, 0.2) is 0 Å². The third kappa shape index (κ3) is 3.78. The molecule has 2 aromatic carbocycles. The van der Waals surface area contributed by atoms with Crippen LogP contribution in [0, 0.1) is 6.92 Å². The molecule has 6 nitrogen and oxygen atoms in total. The van der Waals surface area contributed by atoms with Crippen molar-refractivity contribution in [3.05, 3.63) is 64.7 Å². The molecule has 1 aliphatic heterocycles. The molecule has 1 aliphatic carbocycles. The number of ketones is 1. The highest BCUT2D eigenvalue weighted by Gasteiger charge is 2.48. The number of Topliss-reactive ketones (excluding diaryl/α,β-unsaturated/α-hetero) is 1. The Morgan fingerprint density at radius 1 is 1.03 bits per heavy atom. The smallest absolute Gasteiger partial charge is 0.295 e. The highest BCUT2D eigenvalue weighted by atomic mass is 16.5. The molecule has 0 radical (unpaired) electrons. The number of phenols is 1. The van der Waals surface area contributed by atoms with Gasteiger partial charge in [0, 0.05) is 11.6 Å². The summed E-state index contributed by atoms with van der Waals surface area (Å²) >= 11 is 0. The third-order valence-corrected chi connectivity index (χ3v) is 6.33. The molecule has 2 aromatic rings. The van der Waals surface area contributed by atoms with Crippen molar-refractivity contribution < 1.29 is 24.5 Å². The first kappa shape index (κ1) is 21.0. The molecule has 1 heterocycles. The Morgan fingerprint density at radius 3 is 2.32 bits per heavy atom. The van der Waals surface area contributed by atoms with Gasteiger partial charge in [0.25, 0.3) is 11.7 Å². The predicted molar refractivity (Wildman–Crippen MR) is 117 cm³/mol. The monoisotopic (exact) mass is 421 g/mol. The molecule has 1 unspecified atom stereocenters. The number of aliphatic hydroxyl groups excluding tert-OH is 1. The maximum Gasteiger partial charge on any atom is 0.295 e. The van der Waals surface area contributed by atoms with E-state index < -0.39 is 17.7 Å². The average Bonchev–Trinajstić information content (AvgIpc) is 3.05. The first-order valence-electron chi connectivity index (χ1n) is 10.7. The van der Waals surface area contributed by atoms with Crippen molar-refractivity contribution in [2.24, 2.45) is 0 Å². The standard InChI is InChI=1S/C25H27NO5/c1-15-14-17(10-13-20(15)31-2)23(28)21-22(16-8-11-19(27)12-9-16)26(25(30)24(21)29)18-6-4-3-5-7-18/h8-14,18,22,27-28H,3-7H2,1-2H3/b23-21-. The second kappa shape index (κ2) is 8.46. The zero-order chi connectivity index (χ0) is 22.1. The summed E-state index contributed by atoms with van der Waals surface area (Å²) in [4.78, 5) is 27.9. The van der Waals surface area contributed by atoms with E-state index in [2.05, 4.69) is 0 Å². The number of carbonyl (C=O) groups excluding carboxylic acids is 2. The number of aromatic hydroxyl groups is 1. The Hall–Kier alpha value is -3.28. The molecule has 2 N–H and O–H groups in total. The van der Waals surface area contributed by atoms with E-state index in [1.165, 1.54) is 12.1 Å². The molecule has 0 bridgehead atoms. The summed E-state index contributed by atoms with van der Waals surface area (Å²) in [6.07, 6.45) is 4.81. The van der Waals surface area contributed by atoms with Crippen LogP contribution in [0.1, 0.15) is 54.8 Å². The Balaban J connectivity index is 1.86. The Morgan fingerprint density at radius 2 is 1.71 bits per heavy atom. The molecule has 1 saturated carbocycles. The lowest BCUT2D eigenvalue weighted by Crippen LogP contribution is -2.40. The van der Waals surface area contributed by atoms with Gasteiger partial charge in [-0.1, -0.05) is 31.4 Å². The number of methoxy groups -OCH3 is 1. The van der Waals surface area contributed by atoms with Crippen molar-refractivity contribution >= 4 is 17.4 Å². The molecular formula is C25H27NO5. The third-order valence-electron chi connectivity index (χ3n) is 6.33. The van der Waals surface area contributed by atoms with E-state index >= 15 is 0 Å². The Labute approximate surface area is 181 Å². The second-order valence-electron chi connectivity index (χ2n) is 8.27. The number of nitrogens with zero attached hydrogens (tertiary/aromatic N) is 1. The summed E-state index contributed by atoms with van der Waals surface area (Å²) in [6.45, 7) is 1.85. The van der Waals surface area contributed by atoms with Crippen LogP contribution in [0.2, 0.25) is 0 Å². The first-order valence-corrected chi connectivity index (χ1v) is 10.7. The molecular weight excluding hydrogens is 394 g/mol. The molecule has 162 valence electrons. The fourth-order valence-corrected chi connectivity index (χ4v) is 4.75. The van der Waals surface area contributed by atoms with Crippen LogP contribution in [0.15, 0.2) is 48.0 Å². The highest BCUT2D eigenvalue weighted by Crippen LogP contribution is 2.43. The van der Waals surface area contributed by atoms with E-state index in [1.54, 1.807) is 42.3 Å². The van der Waals surface area contributed by atoms with Gasteiger partial charge in [0.2, 0.25) is 0 Å². The van der Waals surface area contributed by atoms with Crippen LogP contribution < -0.4 is 4.74 Å². The van der Waals surface area contributed by atoms with E-state index in [-0.39, 0.29) is 23.1 Å². The number of amides is 1. The van der Waals surface area contributed by atoms with Crippen molar-refractivity contribution in [2.75, 3.05) is 7.11 Å². The largest absolute Gasteiger partial charge is 0.508 e. The van der Waals surface area contributed by atoms with Gasteiger partial charge in [-0.05, 0) is 61.2 Å². The van der Waals surface area contributed by atoms with Crippen molar-refractivity contribution in [2.45, 2.75) is 51.1 Å². The molecule has 31 heavy (non-hydrogen) atoms. The van der Waals surface area contributed by atoms with Gasteiger partial charge in [-0.15, -0.1) is 0 Å². The number of phenolic OH excluding ortho intramolecular Hbond substituents is 1. The summed E-state index contributed by atoms with van der Waals surface area (Å²) in [7, 11) is 1.57. The number of hydrogen-bond acceptors (Lipinski definition) is 5. The fourth-order valence-electron chi connectivity index (χ4n) is 4.75. The van der Waals surface area contributed by atoms with Gasteiger partial charge in [-0.2, -0.15) is 0 Å². The lowest BCUT2D eigenvalue weighted by molar-refractivity contribution is -0.141. The van der Waals surface area contributed by atoms with Crippen LogP contribution in [-0.2, 0) is 9.59 Å². The SMILES string of the molecule is COc1ccc(/C(O)=C2/C(=O)C(=O)N(C3CCCCC3)C2c2ccc(O)cc2)cc1C. The van der Waals surface area contributed by atoms with Gasteiger partial charge in [0.05, 0.1) is 18.7 Å². The van der Waals surface area contributed by atoms with Crippen LogP contribution in [0.4, 0.5) is 0 Å². The summed E-state index contributed by atoms with van der Waals surface area (Å²) in [5.41, 5.74) is 2.05. The van der Waals surface area contributed by atoms with Gasteiger partial charge >= 0.3 is 0 Å². The predicted octanol–water partition coefficient (Wildman–Crippen LogP) is 4.46. The number of carbonyl (C=O) groups is 2. The van der Waals surface area contributed by atoms with Crippen LogP contribution in [-0.4, -0.2) is 40.0 Å². The number of aryl methyl sites for hydroxylation is 1. The normalized spacial score (nSPS) is 21.5. The van der Waals surface area contributed by atoms with Crippen LogP contribution >= 0.6 is 0 Å². The minimum absolute atomic E-state index is 0.0492. The average molecular weight is 421 g/mol. The number of rotatable bonds is 4. The molecule has 4 rings (SSSR count). The van der Waals surface area contributed by atoms with Crippen LogP contribution in [0.3, 0.4) is 0 Å². The Kier molecular flexibility index (Phi) is 5.72. The molecule has 6 heteroatoms. The van der Waals surface area contributed by atoms with Crippen molar-refractivity contribution in [1.82, 2.24) is 4.90 Å². The number of benzene rings is 2. The van der Waals surface area contributed by atoms with Crippen molar-refractivity contribution in [3.8, 4) is 11.5 Å². The molecule has 1 saturated heterocycles. The summed E-state index contributed by atoms with van der Waals surface area (Å²) in [5.74, 6) is -0.662. The number of ether oxygens (including phenoxy) is 1. The van der Waals surface area contributed by atoms with Crippen molar-refractivity contribution in [3.63, 3.8) is 0 Å².